The number of methoxy groups -OCH3 is 1. The Bertz CT molecular complexity index is 1050. The highest BCUT2D eigenvalue weighted by atomic mass is 35.5. The lowest BCUT2D eigenvalue weighted by Crippen LogP contribution is -1.97. The van der Waals surface area contributed by atoms with Crippen molar-refractivity contribution in [3.8, 4) is 17.1 Å². The summed E-state index contributed by atoms with van der Waals surface area (Å²) < 4.78 is 5.33. The number of rotatable bonds is 7. The van der Waals surface area contributed by atoms with E-state index in [4.69, 9.17) is 16.3 Å². The molecule has 0 unspecified atom stereocenters. The fourth-order valence-corrected chi connectivity index (χ4v) is 3.52. The van der Waals surface area contributed by atoms with E-state index in [2.05, 4.69) is 29.0 Å². The van der Waals surface area contributed by atoms with Crippen molar-refractivity contribution in [1.29, 1.82) is 0 Å². The van der Waals surface area contributed by atoms with Gasteiger partial charge in [0.15, 0.2) is 5.82 Å². The van der Waals surface area contributed by atoms with Crippen molar-refractivity contribution < 1.29 is 14.6 Å². The highest BCUT2D eigenvalue weighted by molar-refractivity contribution is 8.04. The molecular weight excluding hydrogens is 410 g/mol. The van der Waals surface area contributed by atoms with Crippen molar-refractivity contribution >= 4 is 35.4 Å². The van der Waals surface area contributed by atoms with E-state index in [1.165, 1.54) is 5.56 Å². The molecule has 0 bridgehead atoms. The molecule has 1 heterocycles. The van der Waals surface area contributed by atoms with Crippen LogP contribution in [0.25, 0.3) is 17.5 Å². The monoisotopic (exact) mass is 429 g/mol. The van der Waals surface area contributed by atoms with Gasteiger partial charge in [0.2, 0.25) is 5.16 Å². The van der Waals surface area contributed by atoms with Crippen molar-refractivity contribution in [3.05, 3.63) is 63.5 Å². The number of nitrogens with zero attached hydrogens (tertiary/aromatic N) is 2. The highest BCUT2D eigenvalue weighted by Crippen LogP contribution is 2.33. The summed E-state index contributed by atoms with van der Waals surface area (Å²) in [6.45, 7) is 4.22. The molecule has 0 fully saturated rings. The Kier molecular flexibility index (Phi) is 6.61. The summed E-state index contributed by atoms with van der Waals surface area (Å²) in [5, 5.41) is 17.3. The molecule has 3 aromatic rings. The maximum Gasteiger partial charge on any atom is 0.342 e. The number of hydrogen-bond acceptors (Lipinski definition) is 5. The lowest BCUT2D eigenvalue weighted by molar-refractivity contribution is -0.131. The molecule has 2 aromatic carbocycles. The van der Waals surface area contributed by atoms with Crippen LogP contribution in [-0.2, 0) is 4.79 Å². The topological polar surface area (TPSA) is 88.1 Å². The van der Waals surface area contributed by atoms with E-state index in [1.807, 2.05) is 24.3 Å². The molecule has 0 aliphatic heterocycles. The number of halogens is 1. The quantitative estimate of drug-likeness (QED) is 0.382. The predicted molar refractivity (Wildman–Crippen MR) is 115 cm³/mol. The lowest BCUT2D eigenvalue weighted by Gasteiger charge is -2.06. The number of benzene rings is 2. The SMILES string of the molecule is COc1ccc(Cl)cc1-c1nc(S/C(=C\c2ccc(C(C)C)cc2)C(=O)O)n[nH]1. The molecule has 2 N–H and O–H groups in total. The van der Waals surface area contributed by atoms with Gasteiger partial charge < -0.3 is 9.84 Å². The second-order valence-corrected chi connectivity index (χ2v) is 7.99. The molecule has 0 saturated heterocycles. The first-order valence-electron chi connectivity index (χ1n) is 8.86. The van der Waals surface area contributed by atoms with Crippen molar-refractivity contribution in [2.45, 2.75) is 24.9 Å². The Labute approximate surface area is 178 Å². The van der Waals surface area contributed by atoms with Crippen LogP contribution in [0.2, 0.25) is 5.02 Å². The van der Waals surface area contributed by atoms with E-state index in [1.54, 1.807) is 31.4 Å². The van der Waals surface area contributed by atoms with E-state index in [0.717, 1.165) is 17.3 Å². The Morgan fingerprint density at radius 1 is 1.24 bits per heavy atom. The second kappa shape index (κ2) is 9.15. The fraction of sp³-hybridized carbons (Fsp3) is 0.190. The first-order valence-corrected chi connectivity index (χ1v) is 10.1. The summed E-state index contributed by atoms with van der Waals surface area (Å²) in [5.74, 6) is 0.394. The molecule has 1 aromatic heterocycles. The van der Waals surface area contributed by atoms with Crippen molar-refractivity contribution in [2.24, 2.45) is 0 Å². The number of aromatic nitrogens is 3. The number of carboxylic acids is 1. The predicted octanol–water partition coefficient (Wildman–Crippen LogP) is 5.47. The van der Waals surface area contributed by atoms with Gasteiger partial charge in [-0.25, -0.2) is 9.78 Å². The van der Waals surface area contributed by atoms with E-state index < -0.39 is 5.97 Å². The molecule has 0 saturated carbocycles. The van der Waals surface area contributed by atoms with Crippen LogP contribution in [0.15, 0.2) is 52.5 Å². The molecule has 0 atom stereocenters. The van der Waals surface area contributed by atoms with Gasteiger partial charge >= 0.3 is 5.97 Å². The normalized spacial score (nSPS) is 11.7. The van der Waals surface area contributed by atoms with Crippen LogP contribution in [0.4, 0.5) is 0 Å². The van der Waals surface area contributed by atoms with Crippen LogP contribution in [0.1, 0.15) is 30.9 Å². The maximum atomic E-state index is 11.7. The number of aromatic amines is 1. The van der Waals surface area contributed by atoms with Gasteiger partial charge in [-0.1, -0.05) is 49.7 Å². The first-order chi connectivity index (χ1) is 13.9. The number of hydrogen-bond donors (Lipinski definition) is 2. The van der Waals surface area contributed by atoms with Gasteiger partial charge in [0, 0.05) is 5.02 Å². The summed E-state index contributed by atoms with van der Waals surface area (Å²) in [5.41, 5.74) is 2.64. The van der Waals surface area contributed by atoms with Crippen LogP contribution < -0.4 is 4.74 Å². The number of aliphatic carboxylic acids is 1. The van der Waals surface area contributed by atoms with E-state index in [-0.39, 0.29) is 10.1 Å². The lowest BCUT2D eigenvalue weighted by atomic mass is 10.0. The minimum Gasteiger partial charge on any atom is -0.496 e. The first kappa shape index (κ1) is 21.0. The van der Waals surface area contributed by atoms with Gasteiger partial charge in [-0.2, -0.15) is 0 Å². The Morgan fingerprint density at radius 3 is 2.59 bits per heavy atom. The summed E-state index contributed by atoms with van der Waals surface area (Å²) in [6, 6.07) is 13.0. The van der Waals surface area contributed by atoms with E-state index >= 15 is 0 Å². The molecule has 6 nitrogen and oxygen atoms in total. The van der Waals surface area contributed by atoms with Crippen molar-refractivity contribution in [2.75, 3.05) is 7.11 Å². The zero-order chi connectivity index (χ0) is 21.0. The van der Waals surface area contributed by atoms with Gasteiger partial charge in [0.1, 0.15) is 10.7 Å². The zero-order valence-electron chi connectivity index (χ0n) is 16.1. The van der Waals surface area contributed by atoms with Gasteiger partial charge in [0.25, 0.3) is 0 Å². The smallest absolute Gasteiger partial charge is 0.342 e. The minimum atomic E-state index is -1.05. The van der Waals surface area contributed by atoms with Gasteiger partial charge in [0.05, 0.1) is 12.7 Å². The number of thioether (sulfide) groups is 1. The van der Waals surface area contributed by atoms with Crippen molar-refractivity contribution in [1.82, 2.24) is 15.2 Å². The van der Waals surface area contributed by atoms with E-state index in [0.29, 0.717) is 28.1 Å². The highest BCUT2D eigenvalue weighted by Gasteiger charge is 2.16. The molecule has 0 aliphatic rings. The molecule has 0 spiro atoms. The number of ether oxygens (including phenoxy) is 1. The largest absolute Gasteiger partial charge is 0.496 e. The van der Waals surface area contributed by atoms with Gasteiger partial charge in [-0.15, -0.1) is 5.10 Å². The molecule has 0 radical (unpaired) electrons. The molecular formula is C21H20ClN3O3S. The third kappa shape index (κ3) is 5.19. The summed E-state index contributed by atoms with van der Waals surface area (Å²) in [6.07, 6.45) is 1.60. The van der Waals surface area contributed by atoms with Crippen LogP contribution in [0.3, 0.4) is 0 Å². The third-order valence-corrected chi connectivity index (χ3v) is 5.31. The minimum absolute atomic E-state index is 0.117. The van der Waals surface area contributed by atoms with Gasteiger partial charge in [-0.05, 0) is 53.1 Å². The Morgan fingerprint density at radius 2 is 1.97 bits per heavy atom. The van der Waals surface area contributed by atoms with Crippen LogP contribution in [0.5, 0.6) is 5.75 Å². The zero-order valence-corrected chi connectivity index (χ0v) is 17.7. The third-order valence-electron chi connectivity index (χ3n) is 4.19. The molecule has 0 amide bonds. The Hall–Kier alpha value is -2.77. The molecule has 150 valence electrons. The summed E-state index contributed by atoms with van der Waals surface area (Å²) in [4.78, 5) is 16.2. The molecule has 3 rings (SSSR count). The summed E-state index contributed by atoms with van der Waals surface area (Å²) >= 11 is 7.04. The van der Waals surface area contributed by atoms with Gasteiger partial charge in [-0.3, -0.25) is 5.10 Å². The van der Waals surface area contributed by atoms with Crippen molar-refractivity contribution in [3.63, 3.8) is 0 Å². The number of H-pyrrole nitrogens is 1. The average molecular weight is 430 g/mol. The second-order valence-electron chi connectivity index (χ2n) is 6.55. The maximum absolute atomic E-state index is 11.7. The van der Waals surface area contributed by atoms with Crippen LogP contribution >= 0.6 is 23.4 Å². The summed E-state index contributed by atoms with van der Waals surface area (Å²) in [7, 11) is 1.55. The van der Waals surface area contributed by atoms with E-state index in [9.17, 15) is 9.90 Å². The molecule has 0 aliphatic carbocycles. The van der Waals surface area contributed by atoms with Crippen LogP contribution in [-0.4, -0.2) is 33.4 Å². The average Bonchev–Trinajstić information content (AvgIpc) is 3.16. The number of carboxylic acid groups (broad SMARTS) is 1. The molecule has 8 heteroatoms. The Balaban J connectivity index is 1.86. The fourth-order valence-electron chi connectivity index (χ4n) is 2.64. The number of nitrogens with one attached hydrogen (secondary N) is 1. The van der Waals surface area contributed by atoms with Crippen LogP contribution in [0, 0.1) is 0 Å². The number of carbonyl (C=O) groups is 1. The standard InChI is InChI=1S/C21H20ClN3O3S/c1-12(2)14-6-4-13(5-7-14)10-18(20(26)27)29-21-23-19(24-25-21)16-11-15(22)8-9-17(16)28-3/h4-12H,1-3H3,(H,26,27)(H,23,24,25)/b18-10-. The molecule has 29 heavy (non-hydrogen) atoms.